The molecule has 1 amide bonds. The van der Waals surface area contributed by atoms with Gasteiger partial charge in [0.2, 0.25) is 5.91 Å². The first-order chi connectivity index (χ1) is 9.55. The quantitative estimate of drug-likeness (QED) is 0.868. The second-order valence-corrected chi connectivity index (χ2v) is 5.67. The number of amides is 1. The van der Waals surface area contributed by atoms with Crippen LogP contribution in [0.1, 0.15) is 39.7 Å². The van der Waals surface area contributed by atoms with Crippen LogP contribution in [0.15, 0.2) is 24.3 Å². The molecule has 0 radical (unpaired) electrons. The zero-order valence-corrected chi connectivity index (χ0v) is 12.6. The molecule has 0 aliphatic carbocycles. The van der Waals surface area contributed by atoms with Gasteiger partial charge < -0.3 is 10.6 Å². The summed E-state index contributed by atoms with van der Waals surface area (Å²) >= 11 is 0. The van der Waals surface area contributed by atoms with Gasteiger partial charge in [0, 0.05) is 11.2 Å². The van der Waals surface area contributed by atoms with E-state index < -0.39 is 17.8 Å². The molecule has 0 saturated heterocycles. The molecule has 0 aliphatic rings. The molecule has 1 aromatic carbocycles. The SMILES string of the molecule is CCC(C)(C)NC(=O)C(C)Nc1cccc(C(F)(F)F)c1. The fourth-order valence-electron chi connectivity index (χ4n) is 1.63. The highest BCUT2D eigenvalue weighted by atomic mass is 19.4. The molecule has 0 fully saturated rings. The van der Waals surface area contributed by atoms with Gasteiger partial charge in [-0.2, -0.15) is 13.2 Å². The predicted octanol–water partition coefficient (Wildman–Crippen LogP) is 3.81. The maximum absolute atomic E-state index is 12.6. The molecule has 0 saturated carbocycles. The molecule has 21 heavy (non-hydrogen) atoms. The lowest BCUT2D eigenvalue weighted by Gasteiger charge is -2.27. The van der Waals surface area contributed by atoms with Gasteiger partial charge in [0.15, 0.2) is 0 Å². The van der Waals surface area contributed by atoms with Crippen LogP contribution in [0.3, 0.4) is 0 Å². The summed E-state index contributed by atoms with van der Waals surface area (Å²) in [5.74, 6) is -0.251. The molecule has 118 valence electrons. The minimum Gasteiger partial charge on any atom is -0.374 e. The molecule has 6 heteroatoms. The molecular weight excluding hydrogens is 281 g/mol. The fraction of sp³-hybridized carbons (Fsp3) is 0.533. The van der Waals surface area contributed by atoms with E-state index in [1.165, 1.54) is 12.1 Å². The van der Waals surface area contributed by atoms with Crippen molar-refractivity contribution in [3.63, 3.8) is 0 Å². The Hall–Kier alpha value is -1.72. The topological polar surface area (TPSA) is 41.1 Å². The number of benzene rings is 1. The maximum atomic E-state index is 12.6. The van der Waals surface area contributed by atoms with Crippen LogP contribution in [0.2, 0.25) is 0 Å². The second-order valence-electron chi connectivity index (χ2n) is 5.67. The van der Waals surface area contributed by atoms with Crippen LogP contribution in [-0.2, 0) is 11.0 Å². The first-order valence-corrected chi connectivity index (χ1v) is 6.81. The van der Waals surface area contributed by atoms with Crippen molar-refractivity contribution in [2.45, 2.75) is 51.9 Å². The van der Waals surface area contributed by atoms with E-state index in [-0.39, 0.29) is 17.1 Å². The van der Waals surface area contributed by atoms with Crippen molar-refractivity contribution in [1.29, 1.82) is 0 Å². The van der Waals surface area contributed by atoms with Crippen LogP contribution in [0.25, 0.3) is 0 Å². The van der Waals surface area contributed by atoms with E-state index >= 15 is 0 Å². The van der Waals surface area contributed by atoms with Crippen molar-refractivity contribution in [2.24, 2.45) is 0 Å². The van der Waals surface area contributed by atoms with Crippen LogP contribution in [0.5, 0.6) is 0 Å². The van der Waals surface area contributed by atoms with E-state index in [9.17, 15) is 18.0 Å². The van der Waals surface area contributed by atoms with Gasteiger partial charge in [0.05, 0.1) is 5.56 Å². The highest BCUT2D eigenvalue weighted by Crippen LogP contribution is 2.30. The number of carbonyl (C=O) groups excluding carboxylic acids is 1. The second kappa shape index (κ2) is 6.37. The number of hydrogen-bond acceptors (Lipinski definition) is 2. The van der Waals surface area contributed by atoms with Gasteiger partial charge in [0.1, 0.15) is 6.04 Å². The number of nitrogens with one attached hydrogen (secondary N) is 2. The molecule has 0 aliphatic heterocycles. The molecule has 2 N–H and O–H groups in total. The van der Waals surface area contributed by atoms with Crippen molar-refractivity contribution in [1.82, 2.24) is 5.32 Å². The zero-order valence-electron chi connectivity index (χ0n) is 12.6. The number of rotatable bonds is 5. The zero-order chi connectivity index (χ0) is 16.3. The highest BCUT2D eigenvalue weighted by Gasteiger charge is 2.30. The molecular formula is C15H21F3N2O. The average Bonchev–Trinajstić information content (AvgIpc) is 2.37. The maximum Gasteiger partial charge on any atom is 0.416 e. The Morgan fingerprint density at radius 2 is 1.90 bits per heavy atom. The molecule has 1 rings (SSSR count). The van der Waals surface area contributed by atoms with Gasteiger partial charge in [-0.3, -0.25) is 4.79 Å². The third-order valence-electron chi connectivity index (χ3n) is 3.31. The monoisotopic (exact) mass is 302 g/mol. The van der Waals surface area contributed by atoms with Gasteiger partial charge in [-0.05, 0) is 45.4 Å². The standard InChI is InChI=1S/C15H21F3N2O/c1-5-14(3,4)20-13(21)10(2)19-12-8-6-7-11(9-12)15(16,17)18/h6-10,19H,5H2,1-4H3,(H,20,21). The normalized spacial score (nSPS) is 13.7. The summed E-state index contributed by atoms with van der Waals surface area (Å²) in [6.45, 7) is 7.34. The van der Waals surface area contributed by atoms with Crippen molar-refractivity contribution >= 4 is 11.6 Å². The highest BCUT2D eigenvalue weighted by molar-refractivity contribution is 5.84. The smallest absolute Gasteiger partial charge is 0.374 e. The Morgan fingerprint density at radius 1 is 1.29 bits per heavy atom. The van der Waals surface area contributed by atoms with E-state index in [1.807, 2.05) is 20.8 Å². The summed E-state index contributed by atoms with van der Waals surface area (Å²) in [5, 5.41) is 5.64. The van der Waals surface area contributed by atoms with Crippen molar-refractivity contribution < 1.29 is 18.0 Å². The Kier molecular flexibility index (Phi) is 5.25. The first kappa shape index (κ1) is 17.3. The van der Waals surface area contributed by atoms with Gasteiger partial charge in [-0.15, -0.1) is 0 Å². The van der Waals surface area contributed by atoms with Crippen molar-refractivity contribution in [2.75, 3.05) is 5.32 Å². The van der Waals surface area contributed by atoms with Crippen molar-refractivity contribution in [3.8, 4) is 0 Å². The summed E-state index contributed by atoms with van der Waals surface area (Å²) in [6.07, 6.45) is -3.64. The molecule has 1 atom stereocenters. The van der Waals surface area contributed by atoms with E-state index in [2.05, 4.69) is 10.6 Å². The van der Waals surface area contributed by atoms with E-state index in [1.54, 1.807) is 6.92 Å². The third kappa shape index (κ3) is 5.28. The van der Waals surface area contributed by atoms with Crippen LogP contribution in [-0.4, -0.2) is 17.5 Å². The number of anilines is 1. The lowest BCUT2D eigenvalue weighted by molar-refractivity contribution is -0.137. The number of carbonyl (C=O) groups is 1. The molecule has 1 aromatic rings. The summed E-state index contributed by atoms with van der Waals surface area (Å²) in [6, 6.07) is 4.18. The minimum absolute atomic E-state index is 0.251. The van der Waals surface area contributed by atoms with Gasteiger partial charge in [0.25, 0.3) is 0 Å². The van der Waals surface area contributed by atoms with Crippen molar-refractivity contribution in [3.05, 3.63) is 29.8 Å². The summed E-state index contributed by atoms with van der Waals surface area (Å²) < 4.78 is 37.9. The molecule has 0 bridgehead atoms. The molecule has 1 unspecified atom stereocenters. The summed E-state index contributed by atoms with van der Waals surface area (Å²) in [4.78, 5) is 12.0. The summed E-state index contributed by atoms with van der Waals surface area (Å²) in [5.41, 5.74) is -0.823. The Morgan fingerprint density at radius 3 is 2.43 bits per heavy atom. The van der Waals surface area contributed by atoms with Gasteiger partial charge in [-0.25, -0.2) is 0 Å². The van der Waals surface area contributed by atoms with E-state index in [0.29, 0.717) is 0 Å². The largest absolute Gasteiger partial charge is 0.416 e. The third-order valence-corrected chi connectivity index (χ3v) is 3.31. The van der Waals surface area contributed by atoms with Crippen LogP contribution in [0.4, 0.5) is 18.9 Å². The lowest BCUT2D eigenvalue weighted by Crippen LogP contribution is -2.48. The molecule has 0 aromatic heterocycles. The van der Waals surface area contributed by atoms with Gasteiger partial charge in [-0.1, -0.05) is 13.0 Å². The fourth-order valence-corrected chi connectivity index (χ4v) is 1.63. The number of hydrogen-bond donors (Lipinski definition) is 2. The Labute approximate surface area is 122 Å². The van der Waals surface area contributed by atoms with Gasteiger partial charge >= 0.3 is 6.18 Å². The number of alkyl halides is 3. The minimum atomic E-state index is -4.40. The molecule has 3 nitrogen and oxygen atoms in total. The molecule has 0 spiro atoms. The van der Waals surface area contributed by atoms with E-state index in [4.69, 9.17) is 0 Å². The van der Waals surface area contributed by atoms with Crippen LogP contribution < -0.4 is 10.6 Å². The number of halogens is 3. The van der Waals surface area contributed by atoms with E-state index in [0.717, 1.165) is 18.6 Å². The van der Waals surface area contributed by atoms with Crippen LogP contribution in [0, 0.1) is 0 Å². The first-order valence-electron chi connectivity index (χ1n) is 6.81. The molecule has 0 heterocycles. The van der Waals surface area contributed by atoms with Crippen LogP contribution >= 0.6 is 0 Å². The average molecular weight is 302 g/mol. The Bertz CT molecular complexity index is 498. The summed E-state index contributed by atoms with van der Waals surface area (Å²) in [7, 11) is 0. The Balaban J connectivity index is 2.75. The lowest BCUT2D eigenvalue weighted by atomic mass is 10.0. The predicted molar refractivity (Wildman–Crippen MR) is 77.0 cm³/mol.